The molecule has 2 rings (SSSR count). The van der Waals surface area contributed by atoms with E-state index in [1.807, 2.05) is 11.8 Å². The molecule has 0 bridgehead atoms. The maximum absolute atomic E-state index is 12.4. The van der Waals surface area contributed by atoms with E-state index in [4.69, 9.17) is 4.74 Å². The fourth-order valence-corrected chi connectivity index (χ4v) is 3.28. The zero-order valence-electron chi connectivity index (χ0n) is 15.4. The molecule has 0 unspecified atom stereocenters. The predicted molar refractivity (Wildman–Crippen MR) is 94.3 cm³/mol. The van der Waals surface area contributed by atoms with Gasteiger partial charge in [0, 0.05) is 32.7 Å². The van der Waals surface area contributed by atoms with Crippen molar-refractivity contribution >= 4 is 11.9 Å². The third-order valence-corrected chi connectivity index (χ3v) is 4.91. The maximum atomic E-state index is 12.4. The van der Waals surface area contributed by atoms with E-state index < -0.39 is 6.10 Å². The van der Waals surface area contributed by atoms with Crippen LogP contribution in [0.4, 0.5) is 4.79 Å². The Hall–Kier alpha value is -1.38. The molecule has 3 atom stereocenters. The molecule has 2 aliphatic rings. The molecule has 0 saturated carbocycles. The lowest BCUT2D eigenvalue weighted by molar-refractivity contribution is -0.141. The summed E-state index contributed by atoms with van der Waals surface area (Å²) in [6, 6.07) is -0.460. The van der Waals surface area contributed by atoms with Crippen LogP contribution in [0.3, 0.4) is 0 Å². The molecule has 0 spiro atoms. The summed E-state index contributed by atoms with van der Waals surface area (Å²) in [5.74, 6) is 0.113. The molecular weight excluding hydrogens is 324 g/mol. The Kier molecular flexibility index (Phi) is 7.92. The molecular formula is C17H32N4O4. The van der Waals surface area contributed by atoms with Gasteiger partial charge in [0.1, 0.15) is 6.10 Å². The molecule has 0 radical (unpaired) electrons. The molecule has 2 saturated heterocycles. The molecule has 2 aliphatic heterocycles. The van der Waals surface area contributed by atoms with Gasteiger partial charge in [0.25, 0.3) is 0 Å². The molecule has 0 aliphatic carbocycles. The number of urea groups is 1. The van der Waals surface area contributed by atoms with Crippen molar-refractivity contribution in [1.82, 2.24) is 20.4 Å². The van der Waals surface area contributed by atoms with Crippen LogP contribution in [0.2, 0.25) is 0 Å². The summed E-state index contributed by atoms with van der Waals surface area (Å²) in [6.45, 7) is 5.75. The van der Waals surface area contributed by atoms with Crippen LogP contribution in [-0.2, 0) is 9.53 Å². The minimum absolute atomic E-state index is 0.113. The summed E-state index contributed by atoms with van der Waals surface area (Å²) >= 11 is 0. The van der Waals surface area contributed by atoms with Gasteiger partial charge >= 0.3 is 6.03 Å². The van der Waals surface area contributed by atoms with Crippen molar-refractivity contribution in [2.75, 3.05) is 46.4 Å². The average Bonchev–Trinajstić information content (AvgIpc) is 2.61. The van der Waals surface area contributed by atoms with Crippen LogP contribution < -0.4 is 10.6 Å². The smallest absolute Gasteiger partial charge is 0.315 e. The number of nitrogens with zero attached hydrogens (tertiary/aromatic N) is 2. The van der Waals surface area contributed by atoms with Gasteiger partial charge in [-0.1, -0.05) is 6.92 Å². The van der Waals surface area contributed by atoms with Crippen molar-refractivity contribution in [3.63, 3.8) is 0 Å². The van der Waals surface area contributed by atoms with Crippen molar-refractivity contribution in [3.8, 4) is 0 Å². The molecule has 3 amide bonds. The summed E-state index contributed by atoms with van der Waals surface area (Å²) in [5, 5.41) is 15.2. The van der Waals surface area contributed by atoms with Gasteiger partial charge in [-0.15, -0.1) is 0 Å². The molecule has 3 N–H and O–H groups in total. The monoisotopic (exact) mass is 356 g/mol. The zero-order chi connectivity index (χ0) is 18.2. The van der Waals surface area contributed by atoms with E-state index in [2.05, 4.69) is 22.6 Å². The highest BCUT2D eigenvalue weighted by Gasteiger charge is 2.33. The van der Waals surface area contributed by atoms with Crippen LogP contribution in [0, 0.1) is 0 Å². The number of aliphatic hydroxyl groups is 1. The van der Waals surface area contributed by atoms with Gasteiger partial charge in [-0.25, -0.2) is 4.79 Å². The molecule has 144 valence electrons. The fourth-order valence-electron chi connectivity index (χ4n) is 3.28. The SMILES string of the molecule is CCCNC(=O)N[C@@H]1CC[C@@H](CC(=O)N2CCN(C)CC2)O[C@@H]1CO. The molecule has 0 aromatic carbocycles. The number of rotatable bonds is 6. The highest BCUT2D eigenvalue weighted by atomic mass is 16.5. The Bertz CT molecular complexity index is 440. The lowest BCUT2D eigenvalue weighted by Crippen LogP contribution is -2.54. The second-order valence-corrected chi connectivity index (χ2v) is 6.95. The average molecular weight is 356 g/mol. The second-order valence-electron chi connectivity index (χ2n) is 6.95. The van der Waals surface area contributed by atoms with Crippen LogP contribution in [0.5, 0.6) is 0 Å². The predicted octanol–water partition coefficient (Wildman–Crippen LogP) is -0.232. The van der Waals surface area contributed by atoms with Crippen molar-refractivity contribution in [1.29, 1.82) is 0 Å². The normalized spacial score (nSPS) is 27.8. The van der Waals surface area contributed by atoms with Crippen LogP contribution in [0.15, 0.2) is 0 Å². The quantitative estimate of drug-likeness (QED) is 0.611. The van der Waals surface area contributed by atoms with Crippen molar-refractivity contribution in [3.05, 3.63) is 0 Å². The Morgan fingerprint density at radius 1 is 1.20 bits per heavy atom. The van der Waals surface area contributed by atoms with Crippen molar-refractivity contribution in [2.45, 2.75) is 50.9 Å². The third-order valence-electron chi connectivity index (χ3n) is 4.91. The van der Waals surface area contributed by atoms with E-state index in [0.717, 1.165) is 32.6 Å². The summed E-state index contributed by atoms with van der Waals surface area (Å²) in [4.78, 5) is 28.3. The molecule has 2 heterocycles. The van der Waals surface area contributed by atoms with E-state index in [1.54, 1.807) is 0 Å². The molecule has 2 fully saturated rings. The number of nitrogens with one attached hydrogen (secondary N) is 2. The van der Waals surface area contributed by atoms with Crippen LogP contribution in [-0.4, -0.2) is 91.5 Å². The number of carbonyl (C=O) groups is 2. The first kappa shape index (κ1) is 19.9. The van der Waals surface area contributed by atoms with E-state index in [1.165, 1.54) is 0 Å². The van der Waals surface area contributed by atoms with E-state index in [-0.39, 0.29) is 30.7 Å². The van der Waals surface area contributed by atoms with Gasteiger partial charge < -0.3 is 30.3 Å². The molecule has 8 heteroatoms. The van der Waals surface area contributed by atoms with E-state index >= 15 is 0 Å². The fraction of sp³-hybridized carbons (Fsp3) is 0.882. The summed E-state index contributed by atoms with van der Waals surface area (Å²) in [7, 11) is 2.06. The van der Waals surface area contributed by atoms with Crippen molar-refractivity contribution < 1.29 is 19.4 Å². The number of hydrogen-bond acceptors (Lipinski definition) is 5. The topological polar surface area (TPSA) is 94.1 Å². The van der Waals surface area contributed by atoms with Crippen LogP contribution >= 0.6 is 0 Å². The molecule has 8 nitrogen and oxygen atoms in total. The van der Waals surface area contributed by atoms with Crippen LogP contribution in [0.25, 0.3) is 0 Å². The summed E-state index contributed by atoms with van der Waals surface area (Å²) in [5.41, 5.74) is 0. The first-order chi connectivity index (χ1) is 12.0. The Morgan fingerprint density at radius 3 is 2.56 bits per heavy atom. The van der Waals surface area contributed by atoms with Gasteiger partial charge in [-0.2, -0.15) is 0 Å². The summed E-state index contributed by atoms with van der Waals surface area (Å²) < 4.78 is 5.89. The Balaban J connectivity index is 1.78. The zero-order valence-corrected chi connectivity index (χ0v) is 15.4. The first-order valence-corrected chi connectivity index (χ1v) is 9.30. The number of amides is 3. The van der Waals surface area contributed by atoms with E-state index in [0.29, 0.717) is 25.8 Å². The Morgan fingerprint density at radius 2 is 1.92 bits per heavy atom. The second kappa shape index (κ2) is 9.94. The largest absolute Gasteiger partial charge is 0.394 e. The first-order valence-electron chi connectivity index (χ1n) is 9.30. The number of aliphatic hydroxyl groups excluding tert-OH is 1. The van der Waals surface area contributed by atoms with Crippen molar-refractivity contribution in [2.24, 2.45) is 0 Å². The minimum atomic E-state index is -0.466. The van der Waals surface area contributed by atoms with Gasteiger partial charge in [0.2, 0.25) is 5.91 Å². The maximum Gasteiger partial charge on any atom is 0.315 e. The lowest BCUT2D eigenvalue weighted by Gasteiger charge is -2.37. The number of piperazine rings is 1. The van der Waals surface area contributed by atoms with Gasteiger partial charge in [-0.05, 0) is 26.3 Å². The number of hydrogen-bond donors (Lipinski definition) is 3. The third kappa shape index (κ3) is 6.13. The molecule has 0 aromatic rings. The number of ether oxygens (including phenoxy) is 1. The van der Waals surface area contributed by atoms with Gasteiger partial charge in [0.15, 0.2) is 0 Å². The standard InChI is InChI=1S/C17H32N4O4/c1-3-6-18-17(24)19-14-5-4-13(25-15(14)12-22)11-16(23)21-9-7-20(2)8-10-21/h13-15,22H,3-12H2,1-2H3,(H2,18,19,24)/t13-,14+,15+/m0/s1. The van der Waals surface area contributed by atoms with E-state index in [9.17, 15) is 14.7 Å². The van der Waals surface area contributed by atoms with Crippen LogP contribution in [0.1, 0.15) is 32.6 Å². The number of carbonyl (C=O) groups excluding carboxylic acids is 2. The summed E-state index contributed by atoms with van der Waals surface area (Å²) in [6.07, 6.45) is 1.95. The highest BCUT2D eigenvalue weighted by Crippen LogP contribution is 2.22. The Labute approximate surface area is 149 Å². The van der Waals surface area contributed by atoms with Gasteiger partial charge in [0.05, 0.1) is 25.2 Å². The lowest BCUT2D eigenvalue weighted by atomic mass is 9.97. The minimum Gasteiger partial charge on any atom is -0.394 e. The van der Waals surface area contributed by atoms with Gasteiger partial charge in [-0.3, -0.25) is 4.79 Å². The number of likely N-dealkylation sites (N-methyl/N-ethyl adjacent to an activating group) is 1. The highest BCUT2D eigenvalue weighted by molar-refractivity contribution is 5.77. The molecule has 0 aromatic heterocycles. The molecule has 25 heavy (non-hydrogen) atoms.